The Hall–Kier alpha value is -1.00. The lowest BCUT2D eigenvalue weighted by Crippen LogP contribution is -2.34. The molecule has 4 nitrogen and oxygen atoms in total. The van der Waals surface area contributed by atoms with E-state index in [9.17, 15) is 0 Å². The van der Waals surface area contributed by atoms with Gasteiger partial charge >= 0.3 is 0 Å². The molecule has 0 spiro atoms. The molecule has 2 heterocycles. The lowest BCUT2D eigenvalue weighted by molar-refractivity contribution is 0.268. The summed E-state index contributed by atoms with van der Waals surface area (Å²) < 4.78 is 0. The van der Waals surface area contributed by atoms with Gasteiger partial charge in [-0.05, 0) is 38.9 Å². The first-order chi connectivity index (χ1) is 7.75. The van der Waals surface area contributed by atoms with Crippen LogP contribution >= 0.6 is 0 Å². The van der Waals surface area contributed by atoms with E-state index in [0.29, 0.717) is 12.1 Å². The smallest absolute Gasteiger partial charge is 0.0769 e. The zero-order chi connectivity index (χ0) is 11.4. The van der Waals surface area contributed by atoms with Gasteiger partial charge in [0, 0.05) is 31.4 Å². The van der Waals surface area contributed by atoms with Crippen molar-refractivity contribution in [2.24, 2.45) is 0 Å². The maximum atomic E-state index is 4.07. The van der Waals surface area contributed by atoms with Crippen LogP contribution in [0, 0.1) is 0 Å². The number of nitrogens with zero attached hydrogens (tertiary/aromatic N) is 3. The molecule has 16 heavy (non-hydrogen) atoms. The third-order valence-electron chi connectivity index (χ3n) is 3.15. The van der Waals surface area contributed by atoms with Crippen LogP contribution in [0.15, 0.2) is 18.3 Å². The molecule has 1 aliphatic rings. The number of hydrogen-bond donors (Lipinski definition) is 1. The van der Waals surface area contributed by atoms with E-state index in [-0.39, 0.29) is 0 Å². The number of hydrogen-bond acceptors (Lipinski definition) is 4. The van der Waals surface area contributed by atoms with Crippen LogP contribution in [0.1, 0.15) is 26.0 Å². The molecule has 0 radical (unpaired) electrons. The highest BCUT2D eigenvalue weighted by Gasteiger charge is 2.23. The number of aromatic nitrogens is 2. The van der Waals surface area contributed by atoms with Crippen molar-refractivity contribution in [3.63, 3.8) is 0 Å². The van der Waals surface area contributed by atoms with Gasteiger partial charge in [-0.1, -0.05) is 0 Å². The standard InChI is InChI=1S/C12H20N4/c1-10(2)16-7-5-12(9-16)13-8-11-4-3-6-14-15-11/h3-4,6,10,12-13H,5,7-9H2,1-2H3. The SMILES string of the molecule is CC(C)N1CCC(NCc2cccnn2)C1. The van der Waals surface area contributed by atoms with E-state index in [4.69, 9.17) is 0 Å². The summed E-state index contributed by atoms with van der Waals surface area (Å²) in [7, 11) is 0. The van der Waals surface area contributed by atoms with E-state index in [1.54, 1.807) is 6.20 Å². The fourth-order valence-corrected chi connectivity index (χ4v) is 2.10. The summed E-state index contributed by atoms with van der Waals surface area (Å²) in [4.78, 5) is 2.51. The van der Waals surface area contributed by atoms with Crippen molar-refractivity contribution in [2.45, 2.75) is 38.9 Å². The van der Waals surface area contributed by atoms with E-state index in [1.165, 1.54) is 13.0 Å². The number of nitrogens with one attached hydrogen (secondary N) is 1. The summed E-state index contributed by atoms with van der Waals surface area (Å²) in [6, 6.07) is 5.20. The third kappa shape index (κ3) is 3.00. The molecule has 0 bridgehead atoms. The molecule has 0 aliphatic carbocycles. The van der Waals surface area contributed by atoms with E-state index < -0.39 is 0 Å². The van der Waals surface area contributed by atoms with Crippen molar-refractivity contribution < 1.29 is 0 Å². The molecule has 88 valence electrons. The normalized spacial score (nSPS) is 21.8. The van der Waals surface area contributed by atoms with Crippen molar-refractivity contribution in [1.29, 1.82) is 0 Å². The van der Waals surface area contributed by atoms with E-state index in [0.717, 1.165) is 18.8 Å². The molecular weight excluding hydrogens is 200 g/mol. The summed E-state index contributed by atoms with van der Waals surface area (Å²) in [6.45, 7) is 7.69. The molecule has 0 saturated carbocycles. The lowest BCUT2D eigenvalue weighted by Gasteiger charge is -2.20. The van der Waals surface area contributed by atoms with Crippen LogP contribution in [0.5, 0.6) is 0 Å². The van der Waals surface area contributed by atoms with Gasteiger partial charge in [-0.15, -0.1) is 0 Å². The maximum absolute atomic E-state index is 4.07. The Labute approximate surface area is 97.1 Å². The first kappa shape index (κ1) is 11.5. The molecular formula is C12H20N4. The van der Waals surface area contributed by atoms with Crippen LogP contribution in [-0.4, -0.2) is 40.3 Å². The molecule has 0 aromatic carbocycles. The second-order valence-corrected chi connectivity index (χ2v) is 4.67. The van der Waals surface area contributed by atoms with Gasteiger partial charge in [-0.2, -0.15) is 10.2 Å². The van der Waals surface area contributed by atoms with Gasteiger partial charge in [0.05, 0.1) is 5.69 Å². The van der Waals surface area contributed by atoms with Crippen LogP contribution in [0.25, 0.3) is 0 Å². The van der Waals surface area contributed by atoms with Gasteiger partial charge in [0.1, 0.15) is 0 Å². The minimum atomic E-state index is 0.601. The van der Waals surface area contributed by atoms with Gasteiger partial charge in [0.25, 0.3) is 0 Å². The predicted molar refractivity (Wildman–Crippen MR) is 64.0 cm³/mol. The van der Waals surface area contributed by atoms with E-state index in [1.807, 2.05) is 12.1 Å². The van der Waals surface area contributed by atoms with Gasteiger partial charge in [0.15, 0.2) is 0 Å². The second kappa shape index (κ2) is 5.37. The summed E-state index contributed by atoms with van der Waals surface area (Å²) in [6.07, 6.45) is 2.94. The van der Waals surface area contributed by atoms with Gasteiger partial charge in [-0.25, -0.2) is 0 Å². The largest absolute Gasteiger partial charge is 0.307 e. The van der Waals surface area contributed by atoms with E-state index >= 15 is 0 Å². The van der Waals surface area contributed by atoms with Crippen molar-refractivity contribution in [1.82, 2.24) is 20.4 Å². The topological polar surface area (TPSA) is 41.0 Å². The Morgan fingerprint density at radius 1 is 1.56 bits per heavy atom. The molecule has 4 heteroatoms. The van der Waals surface area contributed by atoms with Crippen LogP contribution in [0.4, 0.5) is 0 Å². The third-order valence-corrected chi connectivity index (χ3v) is 3.15. The van der Waals surface area contributed by atoms with Crippen molar-refractivity contribution >= 4 is 0 Å². The highest BCUT2D eigenvalue weighted by Crippen LogP contribution is 2.12. The molecule has 1 N–H and O–H groups in total. The summed E-state index contributed by atoms with van der Waals surface area (Å²) in [5.74, 6) is 0. The molecule has 1 aromatic heterocycles. The van der Waals surface area contributed by atoms with E-state index in [2.05, 4.69) is 34.3 Å². The molecule has 1 unspecified atom stereocenters. The number of likely N-dealkylation sites (tertiary alicyclic amines) is 1. The molecule has 1 aromatic rings. The van der Waals surface area contributed by atoms with Crippen molar-refractivity contribution in [2.75, 3.05) is 13.1 Å². The maximum Gasteiger partial charge on any atom is 0.0769 e. The summed E-state index contributed by atoms with van der Waals surface area (Å²) in [5, 5.41) is 11.5. The first-order valence-electron chi connectivity index (χ1n) is 5.99. The first-order valence-corrected chi connectivity index (χ1v) is 5.99. The Morgan fingerprint density at radius 3 is 3.06 bits per heavy atom. The van der Waals surface area contributed by atoms with Crippen LogP contribution in [0.3, 0.4) is 0 Å². The molecule has 0 amide bonds. The predicted octanol–water partition coefficient (Wildman–Crippen LogP) is 1.05. The fraction of sp³-hybridized carbons (Fsp3) is 0.667. The molecule has 1 atom stereocenters. The Morgan fingerprint density at radius 2 is 2.44 bits per heavy atom. The average Bonchev–Trinajstić information content (AvgIpc) is 2.76. The zero-order valence-electron chi connectivity index (χ0n) is 10.1. The molecule has 1 fully saturated rings. The van der Waals surface area contributed by atoms with Crippen LogP contribution in [-0.2, 0) is 6.54 Å². The fourth-order valence-electron chi connectivity index (χ4n) is 2.10. The second-order valence-electron chi connectivity index (χ2n) is 4.67. The highest BCUT2D eigenvalue weighted by molar-refractivity contribution is 4.99. The van der Waals surface area contributed by atoms with Gasteiger partial charge in [-0.3, -0.25) is 4.90 Å². The van der Waals surface area contributed by atoms with Crippen LogP contribution < -0.4 is 5.32 Å². The monoisotopic (exact) mass is 220 g/mol. The lowest BCUT2D eigenvalue weighted by atomic mass is 10.2. The Bertz CT molecular complexity index is 312. The minimum Gasteiger partial charge on any atom is -0.307 e. The molecule has 1 aliphatic heterocycles. The minimum absolute atomic E-state index is 0.601. The quantitative estimate of drug-likeness (QED) is 0.823. The van der Waals surface area contributed by atoms with Crippen molar-refractivity contribution in [3.05, 3.63) is 24.0 Å². The van der Waals surface area contributed by atoms with Gasteiger partial charge in [0.2, 0.25) is 0 Å². The number of rotatable bonds is 4. The summed E-state index contributed by atoms with van der Waals surface area (Å²) in [5.41, 5.74) is 1.02. The highest BCUT2D eigenvalue weighted by atomic mass is 15.2. The van der Waals surface area contributed by atoms with Crippen LogP contribution in [0.2, 0.25) is 0 Å². The molecule has 1 saturated heterocycles. The summed E-state index contributed by atoms with van der Waals surface area (Å²) >= 11 is 0. The average molecular weight is 220 g/mol. The molecule has 2 rings (SSSR count). The Kier molecular flexibility index (Phi) is 3.85. The zero-order valence-corrected chi connectivity index (χ0v) is 10.1. The van der Waals surface area contributed by atoms with Crippen molar-refractivity contribution in [3.8, 4) is 0 Å². The van der Waals surface area contributed by atoms with Gasteiger partial charge < -0.3 is 5.32 Å². The Balaban J connectivity index is 1.76.